The van der Waals surface area contributed by atoms with Crippen LogP contribution < -0.4 is 10.2 Å². The van der Waals surface area contributed by atoms with Gasteiger partial charge in [0.1, 0.15) is 5.01 Å². The van der Waals surface area contributed by atoms with Gasteiger partial charge in [-0.2, -0.15) is 0 Å². The number of aromatic nitrogens is 1. The van der Waals surface area contributed by atoms with Gasteiger partial charge >= 0.3 is 6.09 Å². The topological polar surface area (TPSA) is 74.8 Å². The number of nitrogens with zero attached hydrogens (tertiary/aromatic N) is 3. The number of likely N-dealkylation sites (tertiary alicyclic amines) is 1. The lowest BCUT2D eigenvalue weighted by molar-refractivity contribution is -0.117. The molecule has 0 bridgehead atoms. The van der Waals surface area contributed by atoms with Crippen LogP contribution in [0.3, 0.4) is 0 Å². The zero-order chi connectivity index (χ0) is 23.5. The quantitative estimate of drug-likeness (QED) is 0.657. The number of amides is 2. The molecule has 1 saturated heterocycles. The average molecular weight is 471 g/mol. The minimum Gasteiger partial charge on any atom is -0.447 e. The van der Waals surface area contributed by atoms with E-state index in [0.717, 1.165) is 41.5 Å². The molecule has 1 aromatic heterocycles. The second kappa shape index (κ2) is 10.2. The first-order valence-corrected chi connectivity index (χ1v) is 12.7. The molecule has 2 atom stereocenters. The molecule has 0 unspecified atom stereocenters. The van der Waals surface area contributed by atoms with E-state index >= 15 is 0 Å². The van der Waals surface area contributed by atoms with Gasteiger partial charge in [0.25, 0.3) is 0 Å². The van der Waals surface area contributed by atoms with Gasteiger partial charge in [0, 0.05) is 41.8 Å². The fourth-order valence-electron chi connectivity index (χ4n) is 4.86. The Morgan fingerprint density at radius 2 is 2.00 bits per heavy atom. The number of piperidine rings is 1. The molecule has 0 spiro atoms. The third kappa shape index (κ3) is 5.55. The fraction of sp³-hybridized carbons (Fsp3) is 0.560. The van der Waals surface area contributed by atoms with E-state index in [1.807, 2.05) is 44.0 Å². The van der Waals surface area contributed by atoms with Crippen LogP contribution >= 0.6 is 11.3 Å². The van der Waals surface area contributed by atoms with E-state index < -0.39 is 6.09 Å². The largest absolute Gasteiger partial charge is 0.447 e. The van der Waals surface area contributed by atoms with Gasteiger partial charge in [0.05, 0.1) is 12.1 Å². The number of alkyl carbamates (subject to hydrolysis) is 1. The molecular formula is C25H34N4O3S. The van der Waals surface area contributed by atoms with Gasteiger partial charge < -0.3 is 15.0 Å². The van der Waals surface area contributed by atoms with E-state index in [0.29, 0.717) is 6.42 Å². The van der Waals surface area contributed by atoms with Crippen molar-refractivity contribution in [1.82, 2.24) is 15.2 Å². The van der Waals surface area contributed by atoms with Crippen molar-refractivity contribution >= 4 is 29.0 Å². The lowest BCUT2D eigenvalue weighted by Gasteiger charge is -2.39. The second-order valence-electron chi connectivity index (χ2n) is 9.37. The first kappa shape index (κ1) is 23.7. The van der Waals surface area contributed by atoms with Crippen molar-refractivity contribution in [2.45, 2.75) is 78.1 Å². The van der Waals surface area contributed by atoms with Gasteiger partial charge in [0.2, 0.25) is 5.91 Å². The maximum Gasteiger partial charge on any atom is 0.407 e. The molecule has 0 saturated carbocycles. The molecule has 1 aromatic carbocycles. The molecule has 2 aliphatic heterocycles. The highest BCUT2D eigenvalue weighted by molar-refractivity contribution is 7.15. The summed E-state index contributed by atoms with van der Waals surface area (Å²) in [7, 11) is 0. The van der Waals surface area contributed by atoms with Crippen LogP contribution in [-0.4, -0.2) is 47.1 Å². The van der Waals surface area contributed by atoms with Gasteiger partial charge in [-0.1, -0.05) is 6.42 Å². The SMILES string of the molecule is CC(=O)N1c2ccc(-c3ncc(CN4CCCCC4)s3)cc2[C@@H](NC(=O)OC(C)C)C[C@H]1C. The van der Waals surface area contributed by atoms with Crippen molar-refractivity contribution < 1.29 is 14.3 Å². The van der Waals surface area contributed by atoms with Crippen molar-refractivity contribution in [2.24, 2.45) is 0 Å². The van der Waals surface area contributed by atoms with E-state index in [1.54, 1.807) is 18.3 Å². The lowest BCUT2D eigenvalue weighted by Crippen LogP contribution is -2.45. The summed E-state index contributed by atoms with van der Waals surface area (Å²) in [5.41, 5.74) is 2.77. The predicted molar refractivity (Wildman–Crippen MR) is 131 cm³/mol. The van der Waals surface area contributed by atoms with Crippen LogP contribution in [0.4, 0.5) is 10.5 Å². The average Bonchev–Trinajstić information content (AvgIpc) is 3.22. The predicted octanol–water partition coefficient (Wildman–Crippen LogP) is 5.12. The molecule has 1 N–H and O–H groups in total. The number of hydrogen-bond acceptors (Lipinski definition) is 6. The van der Waals surface area contributed by atoms with E-state index in [9.17, 15) is 9.59 Å². The molecule has 178 valence electrons. The van der Waals surface area contributed by atoms with E-state index in [1.165, 1.54) is 24.1 Å². The Balaban J connectivity index is 1.61. The lowest BCUT2D eigenvalue weighted by atomic mass is 9.90. The highest BCUT2D eigenvalue weighted by Crippen LogP contribution is 2.40. The summed E-state index contributed by atoms with van der Waals surface area (Å²) in [5.74, 6) is -0.00206. The molecule has 7 nitrogen and oxygen atoms in total. The first-order valence-electron chi connectivity index (χ1n) is 11.9. The molecule has 33 heavy (non-hydrogen) atoms. The summed E-state index contributed by atoms with van der Waals surface area (Å²) in [6, 6.07) is 5.82. The molecule has 0 aliphatic carbocycles. The Bertz CT molecular complexity index is 999. The van der Waals surface area contributed by atoms with Crippen LogP contribution in [0.25, 0.3) is 10.6 Å². The van der Waals surface area contributed by atoms with Crippen molar-refractivity contribution in [3.63, 3.8) is 0 Å². The van der Waals surface area contributed by atoms with E-state index in [4.69, 9.17) is 9.72 Å². The van der Waals surface area contributed by atoms with E-state index in [-0.39, 0.29) is 24.1 Å². The van der Waals surface area contributed by atoms with Crippen LogP contribution in [0.2, 0.25) is 0 Å². The zero-order valence-electron chi connectivity index (χ0n) is 20.0. The number of fused-ring (bicyclic) bond motifs is 1. The van der Waals surface area contributed by atoms with Crippen LogP contribution in [0, 0.1) is 0 Å². The third-order valence-corrected chi connectivity index (χ3v) is 7.31. The van der Waals surface area contributed by atoms with Crippen LogP contribution in [0.15, 0.2) is 24.4 Å². The van der Waals surface area contributed by atoms with Crippen molar-refractivity contribution in [3.8, 4) is 10.6 Å². The number of thiazole rings is 1. The number of nitrogens with one attached hydrogen (secondary N) is 1. The highest BCUT2D eigenvalue weighted by Gasteiger charge is 2.34. The molecule has 2 aromatic rings. The van der Waals surface area contributed by atoms with Crippen LogP contribution in [-0.2, 0) is 16.1 Å². The Morgan fingerprint density at radius 1 is 1.24 bits per heavy atom. The summed E-state index contributed by atoms with van der Waals surface area (Å²) in [6.45, 7) is 10.5. The summed E-state index contributed by atoms with van der Waals surface area (Å²) >= 11 is 1.72. The first-order chi connectivity index (χ1) is 15.8. The highest BCUT2D eigenvalue weighted by atomic mass is 32.1. The smallest absolute Gasteiger partial charge is 0.407 e. The molecule has 8 heteroatoms. The summed E-state index contributed by atoms with van der Waals surface area (Å²) in [4.78, 5) is 35.0. The molecule has 0 radical (unpaired) electrons. The molecule has 4 rings (SSSR count). The standard InChI is InChI=1S/C25H34N4O3S/c1-16(2)32-25(31)27-22-12-17(3)29(18(4)30)23-9-8-19(13-21(22)23)24-26-14-20(33-24)15-28-10-6-5-7-11-28/h8-9,13-14,16-17,22H,5-7,10-12,15H2,1-4H3,(H,27,31)/t17-,22+/m1/s1. The van der Waals surface area contributed by atoms with Crippen molar-refractivity contribution in [3.05, 3.63) is 34.8 Å². The van der Waals surface area contributed by atoms with Crippen molar-refractivity contribution in [1.29, 1.82) is 0 Å². The maximum atomic E-state index is 12.4. The van der Waals surface area contributed by atoms with Crippen molar-refractivity contribution in [2.75, 3.05) is 18.0 Å². The maximum absolute atomic E-state index is 12.4. The normalized spacial score (nSPS) is 21.1. The van der Waals surface area contributed by atoms with Gasteiger partial charge in [-0.15, -0.1) is 11.3 Å². The summed E-state index contributed by atoms with van der Waals surface area (Å²) in [5, 5.41) is 3.97. The van der Waals surface area contributed by atoms with Gasteiger partial charge in [0.15, 0.2) is 0 Å². The number of anilines is 1. The monoisotopic (exact) mass is 470 g/mol. The third-order valence-electron chi connectivity index (χ3n) is 6.28. The second-order valence-corrected chi connectivity index (χ2v) is 10.5. The Labute approximate surface area is 200 Å². The summed E-state index contributed by atoms with van der Waals surface area (Å²) < 4.78 is 5.32. The molecule has 3 heterocycles. The van der Waals surface area contributed by atoms with Gasteiger partial charge in [-0.3, -0.25) is 9.69 Å². The molecular weight excluding hydrogens is 436 g/mol. The van der Waals surface area contributed by atoms with E-state index in [2.05, 4.69) is 16.3 Å². The Kier molecular flexibility index (Phi) is 7.34. The fourth-order valence-corrected chi connectivity index (χ4v) is 5.81. The van der Waals surface area contributed by atoms with Gasteiger partial charge in [-0.05, 0) is 76.9 Å². The number of carbonyl (C=O) groups excluding carboxylic acids is 2. The number of carbonyl (C=O) groups is 2. The summed E-state index contributed by atoms with van der Waals surface area (Å²) in [6.07, 6.45) is 5.85. The number of rotatable bonds is 5. The van der Waals surface area contributed by atoms with Gasteiger partial charge in [-0.25, -0.2) is 9.78 Å². The number of ether oxygens (including phenoxy) is 1. The van der Waals surface area contributed by atoms with Crippen LogP contribution in [0.5, 0.6) is 0 Å². The Hall–Kier alpha value is -2.45. The van der Waals surface area contributed by atoms with Crippen LogP contribution in [0.1, 0.15) is 69.9 Å². The minimum absolute atomic E-state index is 0.00206. The Morgan fingerprint density at radius 3 is 2.70 bits per heavy atom. The number of benzene rings is 1. The molecule has 2 aliphatic rings. The number of hydrogen-bond donors (Lipinski definition) is 1. The molecule has 1 fully saturated rings. The minimum atomic E-state index is -0.437. The zero-order valence-corrected chi connectivity index (χ0v) is 20.8. The molecule has 2 amide bonds.